The highest BCUT2D eigenvalue weighted by atomic mass is 16.6. The van der Waals surface area contributed by atoms with Crippen LogP contribution in [0.1, 0.15) is 5.56 Å². The fraction of sp³-hybridized carbons (Fsp3) is 0.273. The van der Waals surface area contributed by atoms with Gasteiger partial charge in [-0.2, -0.15) is 0 Å². The molecule has 0 saturated carbocycles. The number of benzene rings is 1. The maximum Gasteiger partial charge on any atom is 0.327 e. The second-order valence-electron chi connectivity index (χ2n) is 4.37. The number of nitrogens with two attached hydrogens (primary N) is 1. The molecule has 9 heteroatoms. The van der Waals surface area contributed by atoms with E-state index in [0.717, 1.165) is 4.90 Å². The van der Waals surface area contributed by atoms with E-state index in [4.69, 9.17) is 5.84 Å². The van der Waals surface area contributed by atoms with E-state index in [-0.39, 0.29) is 30.4 Å². The Balaban J connectivity index is 2.24. The molecule has 0 aromatic heterocycles. The SMILES string of the molecule is CN1CC(=O)N(Cc2ccc([N+](=O)[O-])c(NN)c2)C1=O. The summed E-state index contributed by atoms with van der Waals surface area (Å²) >= 11 is 0. The summed E-state index contributed by atoms with van der Waals surface area (Å²) in [6, 6.07) is 3.81. The molecule has 0 unspecified atom stereocenters. The van der Waals surface area contributed by atoms with E-state index < -0.39 is 11.0 Å². The lowest BCUT2D eigenvalue weighted by Crippen LogP contribution is -2.31. The van der Waals surface area contributed by atoms with Crippen LogP contribution in [0, 0.1) is 10.1 Å². The van der Waals surface area contributed by atoms with E-state index >= 15 is 0 Å². The molecular weight excluding hydrogens is 266 g/mol. The van der Waals surface area contributed by atoms with Gasteiger partial charge in [0.2, 0.25) is 0 Å². The lowest BCUT2D eigenvalue weighted by molar-refractivity contribution is -0.384. The molecule has 1 aliphatic heterocycles. The Morgan fingerprint density at radius 1 is 1.45 bits per heavy atom. The molecule has 1 aromatic rings. The van der Waals surface area contributed by atoms with Crippen molar-refractivity contribution in [1.82, 2.24) is 9.80 Å². The first kappa shape index (κ1) is 13.7. The Kier molecular flexibility index (Phi) is 3.53. The van der Waals surface area contributed by atoms with Crippen LogP contribution in [0.2, 0.25) is 0 Å². The van der Waals surface area contributed by atoms with Gasteiger partial charge in [-0.1, -0.05) is 6.07 Å². The van der Waals surface area contributed by atoms with Gasteiger partial charge in [0.15, 0.2) is 0 Å². The monoisotopic (exact) mass is 279 g/mol. The van der Waals surface area contributed by atoms with Gasteiger partial charge < -0.3 is 10.3 Å². The third-order valence-electron chi connectivity index (χ3n) is 2.98. The maximum atomic E-state index is 11.7. The third kappa shape index (κ3) is 2.38. The number of hydrazine groups is 1. The summed E-state index contributed by atoms with van der Waals surface area (Å²) in [6.45, 7) is 0.0858. The zero-order chi connectivity index (χ0) is 14.9. The summed E-state index contributed by atoms with van der Waals surface area (Å²) in [5.74, 6) is 4.92. The van der Waals surface area contributed by atoms with Crippen molar-refractivity contribution in [3.63, 3.8) is 0 Å². The van der Waals surface area contributed by atoms with Gasteiger partial charge in [-0.05, 0) is 11.6 Å². The summed E-state index contributed by atoms with van der Waals surface area (Å²) in [6.07, 6.45) is 0. The number of amides is 3. The highest BCUT2D eigenvalue weighted by Gasteiger charge is 2.33. The minimum absolute atomic E-state index is 0.0355. The van der Waals surface area contributed by atoms with E-state index in [1.807, 2.05) is 0 Å². The van der Waals surface area contributed by atoms with E-state index in [9.17, 15) is 19.7 Å². The zero-order valence-electron chi connectivity index (χ0n) is 10.7. The van der Waals surface area contributed by atoms with Gasteiger partial charge in [0, 0.05) is 13.1 Å². The molecule has 9 nitrogen and oxygen atoms in total. The first-order valence-electron chi connectivity index (χ1n) is 5.73. The molecule has 1 fully saturated rings. The van der Waals surface area contributed by atoms with Crippen LogP contribution in [-0.4, -0.2) is 40.3 Å². The average Bonchev–Trinajstić information content (AvgIpc) is 2.65. The standard InChI is InChI=1S/C11H13N5O4/c1-14-6-10(17)15(11(14)18)5-7-2-3-9(16(19)20)8(4-7)13-12/h2-4,13H,5-6,12H2,1H3. The number of nitro benzene ring substituents is 1. The number of imide groups is 1. The fourth-order valence-corrected chi connectivity index (χ4v) is 1.96. The molecule has 0 spiro atoms. The normalized spacial score (nSPS) is 14.9. The largest absolute Gasteiger partial charge is 0.327 e. The summed E-state index contributed by atoms with van der Waals surface area (Å²) in [4.78, 5) is 36.0. The quantitative estimate of drug-likeness (QED) is 0.353. The van der Waals surface area contributed by atoms with Crippen molar-refractivity contribution in [3.05, 3.63) is 33.9 Å². The number of nitrogens with zero attached hydrogens (tertiary/aromatic N) is 3. The molecule has 0 radical (unpaired) electrons. The van der Waals surface area contributed by atoms with Crippen LogP contribution in [0.5, 0.6) is 0 Å². The van der Waals surface area contributed by atoms with Crippen LogP contribution in [0.4, 0.5) is 16.2 Å². The molecule has 0 bridgehead atoms. The van der Waals surface area contributed by atoms with Gasteiger partial charge in [-0.15, -0.1) is 0 Å². The van der Waals surface area contributed by atoms with Gasteiger partial charge in [-0.3, -0.25) is 25.7 Å². The molecule has 2 rings (SSSR count). The number of urea groups is 1. The van der Waals surface area contributed by atoms with Crippen LogP contribution in [-0.2, 0) is 11.3 Å². The lowest BCUT2D eigenvalue weighted by Gasteiger charge is -2.14. The topological polar surface area (TPSA) is 122 Å². The minimum Gasteiger partial charge on any atom is -0.318 e. The molecular formula is C11H13N5O4. The fourth-order valence-electron chi connectivity index (χ4n) is 1.96. The van der Waals surface area contributed by atoms with Crippen molar-refractivity contribution in [1.29, 1.82) is 0 Å². The van der Waals surface area contributed by atoms with E-state index in [0.29, 0.717) is 5.56 Å². The van der Waals surface area contributed by atoms with Crippen LogP contribution >= 0.6 is 0 Å². The first-order chi connectivity index (χ1) is 9.43. The lowest BCUT2D eigenvalue weighted by atomic mass is 10.1. The Bertz CT molecular complexity index is 588. The smallest absolute Gasteiger partial charge is 0.318 e. The van der Waals surface area contributed by atoms with Gasteiger partial charge >= 0.3 is 6.03 Å². The number of carbonyl (C=O) groups is 2. The number of rotatable bonds is 4. The molecule has 1 heterocycles. The molecule has 106 valence electrons. The molecule has 3 N–H and O–H groups in total. The predicted molar refractivity (Wildman–Crippen MR) is 69.5 cm³/mol. The molecule has 0 aliphatic carbocycles. The van der Waals surface area contributed by atoms with Crippen molar-refractivity contribution in [2.45, 2.75) is 6.54 Å². The van der Waals surface area contributed by atoms with Crippen molar-refractivity contribution in [2.75, 3.05) is 19.0 Å². The molecule has 1 aliphatic rings. The maximum absolute atomic E-state index is 11.7. The third-order valence-corrected chi connectivity index (χ3v) is 2.98. The highest BCUT2D eigenvalue weighted by molar-refractivity contribution is 6.01. The van der Waals surface area contributed by atoms with Gasteiger partial charge in [0.05, 0.1) is 11.5 Å². The van der Waals surface area contributed by atoms with Crippen LogP contribution in [0.15, 0.2) is 18.2 Å². The molecule has 3 amide bonds. The van der Waals surface area contributed by atoms with Crippen molar-refractivity contribution in [2.24, 2.45) is 5.84 Å². The molecule has 1 saturated heterocycles. The first-order valence-corrected chi connectivity index (χ1v) is 5.73. The number of anilines is 1. The van der Waals surface area contributed by atoms with E-state index in [1.54, 1.807) is 0 Å². The average molecular weight is 279 g/mol. The summed E-state index contributed by atoms with van der Waals surface area (Å²) in [5.41, 5.74) is 2.75. The molecule has 20 heavy (non-hydrogen) atoms. The highest BCUT2D eigenvalue weighted by Crippen LogP contribution is 2.25. The second kappa shape index (κ2) is 5.13. The number of hydrogen-bond donors (Lipinski definition) is 2. The van der Waals surface area contributed by atoms with Crippen LogP contribution in [0.25, 0.3) is 0 Å². The molecule has 0 atom stereocenters. The Labute approximate surface area is 114 Å². The summed E-state index contributed by atoms with van der Waals surface area (Å²) in [5, 5.41) is 10.8. The predicted octanol–water partition coefficient (Wildman–Crippen LogP) is 0.274. The van der Waals surface area contributed by atoms with Crippen molar-refractivity contribution < 1.29 is 14.5 Å². The molecule has 1 aromatic carbocycles. The number of carbonyl (C=O) groups excluding carboxylic acids is 2. The van der Waals surface area contributed by atoms with Crippen LogP contribution < -0.4 is 11.3 Å². The van der Waals surface area contributed by atoms with Crippen molar-refractivity contribution >= 4 is 23.3 Å². The number of nitrogens with one attached hydrogen (secondary N) is 1. The summed E-state index contributed by atoms with van der Waals surface area (Å²) < 4.78 is 0. The van der Waals surface area contributed by atoms with Gasteiger partial charge in [-0.25, -0.2) is 4.79 Å². The van der Waals surface area contributed by atoms with Crippen molar-refractivity contribution in [3.8, 4) is 0 Å². The zero-order valence-corrected chi connectivity index (χ0v) is 10.7. The number of likely N-dealkylation sites (N-methyl/N-ethyl adjacent to an activating group) is 1. The van der Waals surface area contributed by atoms with E-state index in [2.05, 4.69) is 5.43 Å². The van der Waals surface area contributed by atoms with Crippen LogP contribution in [0.3, 0.4) is 0 Å². The van der Waals surface area contributed by atoms with Gasteiger partial charge in [0.25, 0.3) is 11.6 Å². The summed E-state index contributed by atoms with van der Waals surface area (Å²) in [7, 11) is 1.53. The number of nitrogen functional groups attached to an aromatic ring is 1. The Hall–Kier alpha value is -2.68. The number of nitro groups is 1. The van der Waals surface area contributed by atoms with E-state index in [1.165, 1.54) is 30.1 Å². The van der Waals surface area contributed by atoms with Gasteiger partial charge in [0.1, 0.15) is 12.2 Å². The minimum atomic E-state index is -0.571. The number of hydrogen-bond acceptors (Lipinski definition) is 6. The Morgan fingerprint density at radius 2 is 2.15 bits per heavy atom. The Morgan fingerprint density at radius 3 is 2.65 bits per heavy atom. The second-order valence-corrected chi connectivity index (χ2v) is 4.37.